The van der Waals surface area contributed by atoms with Crippen LogP contribution in [0.3, 0.4) is 0 Å². The molecule has 0 saturated heterocycles. The van der Waals surface area contributed by atoms with Gasteiger partial charge in [0.15, 0.2) is 19.2 Å². The number of rotatable bonds is 14. The summed E-state index contributed by atoms with van der Waals surface area (Å²) in [6, 6.07) is 7.29. The van der Waals surface area contributed by atoms with E-state index in [1.165, 1.54) is 25.0 Å². The lowest BCUT2D eigenvalue weighted by Crippen LogP contribution is -2.44. The van der Waals surface area contributed by atoms with E-state index in [0.717, 1.165) is 4.90 Å². The van der Waals surface area contributed by atoms with Crippen molar-refractivity contribution in [3.05, 3.63) is 30.6 Å². The van der Waals surface area contributed by atoms with E-state index in [0.29, 0.717) is 21.9 Å². The third-order valence-electron chi connectivity index (χ3n) is 5.97. The highest BCUT2D eigenvalue weighted by Gasteiger charge is 2.54. The summed E-state index contributed by atoms with van der Waals surface area (Å²) in [6.45, 7) is 8.98. The SMILES string of the molecule is COc1ccc(Sc2nc(N)nc3c2ncn3CC(C)OC(OCOC(=O)C(C)(C)C)(OCOC(=O)C(C)(C)C)P(=O)(O)O)cc1. The van der Waals surface area contributed by atoms with Gasteiger partial charge >= 0.3 is 25.2 Å². The highest BCUT2D eigenvalue weighted by molar-refractivity contribution is 7.99. The molecule has 18 heteroatoms. The molecule has 0 aliphatic rings. The highest BCUT2D eigenvalue weighted by atomic mass is 32.2. The van der Waals surface area contributed by atoms with Gasteiger partial charge in [-0.2, -0.15) is 4.98 Å². The van der Waals surface area contributed by atoms with E-state index < -0.39 is 55.8 Å². The predicted octanol–water partition coefficient (Wildman–Crippen LogP) is 3.89. The average molecular weight is 686 g/mol. The predicted molar refractivity (Wildman–Crippen MR) is 165 cm³/mol. The van der Waals surface area contributed by atoms with Crippen LogP contribution in [0.15, 0.2) is 40.5 Å². The summed E-state index contributed by atoms with van der Waals surface area (Å²) in [7, 11) is -3.92. The third-order valence-corrected chi connectivity index (χ3v) is 8.03. The normalized spacial score (nSPS) is 13.4. The molecule has 0 spiro atoms. The molecule has 1 aromatic carbocycles. The number of fused-ring (bicyclic) bond motifs is 1. The Labute approximate surface area is 270 Å². The average Bonchev–Trinajstić information content (AvgIpc) is 3.33. The number of nitrogens with zero attached hydrogens (tertiary/aromatic N) is 4. The Morgan fingerprint density at radius 2 is 1.52 bits per heavy atom. The fourth-order valence-electron chi connectivity index (χ4n) is 3.56. The minimum Gasteiger partial charge on any atom is -0.497 e. The molecular formula is C28H40N5O11PS. The summed E-state index contributed by atoms with van der Waals surface area (Å²) >= 11 is 1.30. The van der Waals surface area contributed by atoms with E-state index in [9.17, 15) is 23.9 Å². The first-order valence-corrected chi connectivity index (χ1v) is 16.3. The van der Waals surface area contributed by atoms with Gasteiger partial charge in [0, 0.05) is 4.90 Å². The number of carbonyl (C=O) groups is 2. The lowest BCUT2D eigenvalue weighted by molar-refractivity contribution is -0.377. The van der Waals surface area contributed by atoms with Crippen molar-refractivity contribution < 1.29 is 52.4 Å². The number of aromatic nitrogens is 4. The second-order valence-electron chi connectivity index (χ2n) is 12.1. The molecule has 3 aromatic rings. The molecule has 0 fully saturated rings. The van der Waals surface area contributed by atoms with Crippen LogP contribution in [-0.2, 0) is 44.4 Å². The van der Waals surface area contributed by atoms with Crippen LogP contribution in [0.25, 0.3) is 11.2 Å². The van der Waals surface area contributed by atoms with Crippen LogP contribution in [0.2, 0.25) is 0 Å². The zero-order valence-corrected chi connectivity index (χ0v) is 28.6. The number of anilines is 1. The summed E-state index contributed by atoms with van der Waals surface area (Å²) in [6.07, 6.45) is 0.365. The summed E-state index contributed by atoms with van der Waals surface area (Å²) in [5.41, 5.74) is 1.72. The Kier molecular flexibility index (Phi) is 11.8. The van der Waals surface area contributed by atoms with Gasteiger partial charge in [0.25, 0.3) is 0 Å². The minimum absolute atomic E-state index is 0.0311. The molecule has 0 aliphatic heterocycles. The van der Waals surface area contributed by atoms with Gasteiger partial charge in [-0.05, 0) is 72.7 Å². The van der Waals surface area contributed by atoms with Gasteiger partial charge in [-0.3, -0.25) is 23.6 Å². The number of hydrogen-bond donors (Lipinski definition) is 3. The van der Waals surface area contributed by atoms with Crippen LogP contribution in [0, 0.1) is 10.8 Å². The van der Waals surface area contributed by atoms with Gasteiger partial charge < -0.3 is 39.0 Å². The number of imidazole rings is 1. The summed E-state index contributed by atoms with van der Waals surface area (Å²) < 4.78 is 46.0. The van der Waals surface area contributed by atoms with Gasteiger partial charge in [0.2, 0.25) is 5.95 Å². The number of ether oxygens (including phenoxy) is 6. The molecule has 46 heavy (non-hydrogen) atoms. The summed E-state index contributed by atoms with van der Waals surface area (Å²) in [5, 5.41) is 0.470. The maximum atomic E-state index is 12.8. The van der Waals surface area contributed by atoms with Crippen molar-refractivity contribution in [2.45, 2.75) is 76.8 Å². The quantitative estimate of drug-likeness (QED) is 0.0949. The fourth-order valence-corrected chi connectivity index (χ4v) is 5.19. The molecule has 0 saturated carbocycles. The van der Waals surface area contributed by atoms with Crippen molar-refractivity contribution in [3.8, 4) is 5.75 Å². The first-order valence-electron chi connectivity index (χ1n) is 13.9. The number of hydrogen-bond acceptors (Lipinski definition) is 14. The maximum Gasteiger partial charge on any atom is 0.415 e. The lowest BCUT2D eigenvalue weighted by atomic mass is 9.98. The van der Waals surface area contributed by atoms with Crippen molar-refractivity contribution in [1.29, 1.82) is 0 Å². The number of methoxy groups -OCH3 is 1. The molecule has 1 unspecified atom stereocenters. The van der Waals surface area contributed by atoms with Crippen LogP contribution in [0.1, 0.15) is 48.5 Å². The second kappa shape index (κ2) is 14.6. The summed E-state index contributed by atoms with van der Waals surface area (Å²) in [5.74, 6) is -0.778. The summed E-state index contributed by atoms with van der Waals surface area (Å²) in [4.78, 5) is 59.2. The number of nitrogens with two attached hydrogens (primary N) is 1. The Hall–Kier alpha value is -3.31. The Morgan fingerprint density at radius 1 is 0.978 bits per heavy atom. The first-order chi connectivity index (χ1) is 21.3. The number of carbonyl (C=O) groups excluding carboxylic acids is 2. The molecule has 0 aliphatic carbocycles. The minimum atomic E-state index is -5.49. The van der Waals surface area contributed by atoms with E-state index in [1.54, 1.807) is 65.4 Å². The van der Waals surface area contributed by atoms with Crippen LogP contribution >= 0.6 is 19.4 Å². The third kappa shape index (κ3) is 9.61. The fraction of sp³-hybridized carbons (Fsp3) is 0.536. The number of esters is 2. The number of benzene rings is 1. The lowest BCUT2D eigenvalue weighted by Gasteiger charge is -2.35. The zero-order valence-electron chi connectivity index (χ0n) is 26.9. The van der Waals surface area contributed by atoms with Crippen LogP contribution in [-0.4, -0.2) is 73.8 Å². The van der Waals surface area contributed by atoms with Crippen LogP contribution in [0.5, 0.6) is 5.75 Å². The molecular weight excluding hydrogens is 645 g/mol. The molecule has 3 rings (SSSR count). The number of nitrogen functional groups attached to an aromatic ring is 1. The highest BCUT2D eigenvalue weighted by Crippen LogP contribution is 2.53. The molecule has 0 amide bonds. The Bertz CT molecular complexity index is 1530. The van der Waals surface area contributed by atoms with Crippen molar-refractivity contribution in [1.82, 2.24) is 19.5 Å². The molecule has 254 valence electrons. The Balaban J connectivity index is 1.87. The van der Waals surface area contributed by atoms with E-state index in [2.05, 4.69) is 15.0 Å². The molecule has 4 N–H and O–H groups in total. The van der Waals surface area contributed by atoms with E-state index >= 15 is 0 Å². The van der Waals surface area contributed by atoms with Crippen molar-refractivity contribution in [3.63, 3.8) is 0 Å². The largest absolute Gasteiger partial charge is 0.497 e. The molecule has 2 heterocycles. The smallest absolute Gasteiger partial charge is 0.415 e. The second-order valence-corrected chi connectivity index (χ2v) is 14.8. The van der Waals surface area contributed by atoms with E-state index in [1.807, 2.05) is 12.1 Å². The molecule has 0 radical (unpaired) electrons. The van der Waals surface area contributed by atoms with Crippen molar-refractivity contribution in [2.24, 2.45) is 10.8 Å². The van der Waals surface area contributed by atoms with Gasteiger partial charge in [0.05, 0.1) is 36.9 Å². The van der Waals surface area contributed by atoms with Gasteiger partial charge in [0.1, 0.15) is 16.3 Å². The molecule has 2 aromatic heterocycles. The van der Waals surface area contributed by atoms with Crippen molar-refractivity contribution in [2.75, 3.05) is 26.4 Å². The van der Waals surface area contributed by atoms with Gasteiger partial charge in [-0.25, -0.2) is 9.97 Å². The van der Waals surface area contributed by atoms with Crippen molar-refractivity contribution >= 4 is 48.4 Å². The first kappa shape index (κ1) is 37.2. The molecule has 0 bridgehead atoms. The Morgan fingerprint density at radius 3 is 2.00 bits per heavy atom. The van der Waals surface area contributed by atoms with Crippen LogP contribution in [0.4, 0.5) is 5.95 Å². The van der Waals surface area contributed by atoms with E-state index in [-0.39, 0.29) is 12.5 Å². The monoisotopic (exact) mass is 685 g/mol. The van der Waals surface area contributed by atoms with E-state index in [4.69, 9.17) is 34.2 Å². The van der Waals surface area contributed by atoms with Gasteiger partial charge in [-0.15, -0.1) is 0 Å². The zero-order chi connectivity index (χ0) is 34.5. The molecule has 16 nitrogen and oxygen atoms in total. The maximum absolute atomic E-state index is 12.8. The van der Waals surface area contributed by atoms with Crippen LogP contribution < -0.4 is 10.5 Å². The standard InChI is InChI=1S/C28H40N5O11PS/c1-17(13-33-14-30-20-21(33)31-25(29)32-22(20)46-19-11-9-18(39-8)10-12-19)44-28(45(36,37)38,42-15-40-23(34)26(2,3)4)43-16-41-24(35)27(5,6)7/h9-12,14,17H,13,15-16H2,1-8H3,(H2,29,31,32)(H2,36,37,38). The molecule has 1 atom stereocenters. The topological polar surface area (TPSA) is 217 Å². The van der Waals surface area contributed by atoms with Gasteiger partial charge in [-0.1, -0.05) is 11.8 Å².